The highest BCUT2D eigenvalue weighted by Gasteiger charge is 2.22. The molecule has 0 radical (unpaired) electrons. The molecule has 4 rings (SSSR count). The molecular formula is C23H23N3O3. The lowest BCUT2D eigenvalue weighted by Gasteiger charge is -2.29. The minimum atomic E-state index is -0.563. The van der Waals surface area contributed by atoms with Gasteiger partial charge in [-0.1, -0.05) is 36.4 Å². The number of amides is 2. The second kappa shape index (κ2) is 7.93. The number of hydrogen-bond donors (Lipinski definition) is 3. The molecule has 1 aromatic heterocycles. The predicted molar refractivity (Wildman–Crippen MR) is 111 cm³/mol. The molecule has 2 aromatic carbocycles. The number of nitrogens with one attached hydrogen (secondary N) is 2. The molecule has 0 saturated carbocycles. The van der Waals surface area contributed by atoms with Gasteiger partial charge in [0.15, 0.2) is 0 Å². The number of H-pyrrole nitrogens is 1. The molecule has 0 unspecified atom stereocenters. The van der Waals surface area contributed by atoms with E-state index in [9.17, 15) is 9.59 Å². The minimum absolute atomic E-state index is 0.132. The fourth-order valence-electron chi connectivity index (χ4n) is 3.92. The van der Waals surface area contributed by atoms with Gasteiger partial charge < -0.3 is 9.88 Å². The summed E-state index contributed by atoms with van der Waals surface area (Å²) < 4.78 is 0. The van der Waals surface area contributed by atoms with Gasteiger partial charge in [0.05, 0.1) is 6.42 Å². The zero-order valence-corrected chi connectivity index (χ0v) is 16.2. The molecule has 3 aromatic rings. The Morgan fingerprint density at radius 2 is 2.03 bits per heavy atom. The van der Waals surface area contributed by atoms with Crippen molar-refractivity contribution < 1.29 is 14.8 Å². The van der Waals surface area contributed by atoms with Crippen LogP contribution in [0.5, 0.6) is 0 Å². The lowest BCUT2D eigenvalue weighted by atomic mass is 9.96. The molecule has 0 aliphatic carbocycles. The molecule has 0 spiro atoms. The summed E-state index contributed by atoms with van der Waals surface area (Å²) >= 11 is 0. The van der Waals surface area contributed by atoms with Crippen molar-refractivity contribution in [1.82, 2.24) is 15.4 Å². The summed E-state index contributed by atoms with van der Waals surface area (Å²) in [6.45, 7) is 3.29. The molecule has 0 bridgehead atoms. The highest BCUT2D eigenvalue weighted by atomic mass is 16.5. The van der Waals surface area contributed by atoms with E-state index in [0.717, 1.165) is 39.7 Å². The lowest BCUT2D eigenvalue weighted by molar-refractivity contribution is -0.131. The molecule has 1 aliphatic heterocycles. The van der Waals surface area contributed by atoms with E-state index in [1.54, 1.807) is 11.6 Å². The number of aromatic amines is 1. The summed E-state index contributed by atoms with van der Waals surface area (Å²) in [5.74, 6) is -0.431. The smallest absolute Gasteiger partial charge is 0.267 e. The molecular weight excluding hydrogens is 366 g/mol. The van der Waals surface area contributed by atoms with Crippen molar-refractivity contribution in [3.8, 4) is 0 Å². The first-order valence-corrected chi connectivity index (χ1v) is 9.63. The average molecular weight is 389 g/mol. The standard InChI is InChI=1S/C23H23N3O3/c1-15-20(19-4-2-3-5-21(19)24-15)13-23(28)26-11-10-17-12-16(6-8-18(17)14-26)7-9-22(27)25-29/h2-9,12,24,29H,10-11,13-14H2,1H3,(H,25,27). The van der Waals surface area contributed by atoms with Gasteiger partial charge in [-0.15, -0.1) is 0 Å². The van der Waals surface area contributed by atoms with Gasteiger partial charge in [-0.3, -0.25) is 14.8 Å². The van der Waals surface area contributed by atoms with Crippen LogP contribution >= 0.6 is 0 Å². The first-order valence-electron chi connectivity index (χ1n) is 9.63. The quantitative estimate of drug-likeness (QED) is 0.364. The highest BCUT2D eigenvalue weighted by molar-refractivity contribution is 5.91. The van der Waals surface area contributed by atoms with E-state index in [4.69, 9.17) is 5.21 Å². The van der Waals surface area contributed by atoms with Crippen molar-refractivity contribution in [2.45, 2.75) is 26.3 Å². The normalized spacial score (nSPS) is 13.7. The molecule has 6 heteroatoms. The number of para-hydroxylation sites is 1. The number of nitrogens with zero attached hydrogens (tertiary/aromatic N) is 1. The zero-order chi connectivity index (χ0) is 20.4. The molecule has 0 fully saturated rings. The van der Waals surface area contributed by atoms with Crippen LogP contribution in [0.4, 0.5) is 0 Å². The van der Waals surface area contributed by atoms with Gasteiger partial charge in [0.2, 0.25) is 5.91 Å². The maximum absolute atomic E-state index is 13.0. The summed E-state index contributed by atoms with van der Waals surface area (Å²) in [4.78, 5) is 29.4. The van der Waals surface area contributed by atoms with Gasteiger partial charge in [0, 0.05) is 35.8 Å². The Bertz CT molecular complexity index is 1110. The predicted octanol–water partition coefficient (Wildman–Crippen LogP) is 3.12. The van der Waals surface area contributed by atoms with Crippen LogP contribution in [0.3, 0.4) is 0 Å². The summed E-state index contributed by atoms with van der Waals surface area (Å²) in [5, 5.41) is 9.67. The van der Waals surface area contributed by atoms with Crippen molar-refractivity contribution in [3.05, 3.63) is 76.5 Å². The van der Waals surface area contributed by atoms with E-state index in [0.29, 0.717) is 19.5 Å². The fourth-order valence-corrected chi connectivity index (χ4v) is 3.92. The number of carbonyl (C=O) groups excluding carboxylic acids is 2. The zero-order valence-electron chi connectivity index (χ0n) is 16.2. The van der Waals surface area contributed by atoms with E-state index in [2.05, 4.69) is 11.1 Å². The van der Waals surface area contributed by atoms with E-state index in [-0.39, 0.29) is 5.91 Å². The highest BCUT2D eigenvalue weighted by Crippen LogP contribution is 2.25. The number of hydrogen-bond acceptors (Lipinski definition) is 3. The monoisotopic (exact) mass is 389 g/mol. The van der Waals surface area contributed by atoms with Crippen LogP contribution in [-0.2, 0) is 29.0 Å². The van der Waals surface area contributed by atoms with Gasteiger partial charge in [-0.2, -0.15) is 0 Å². The fraction of sp³-hybridized carbons (Fsp3) is 0.217. The number of carbonyl (C=O) groups is 2. The van der Waals surface area contributed by atoms with Gasteiger partial charge in [-0.25, -0.2) is 5.48 Å². The molecule has 29 heavy (non-hydrogen) atoms. The number of aromatic nitrogens is 1. The van der Waals surface area contributed by atoms with Crippen LogP contribution in [0.1, 0.15) is 27.9 Å². The summed E-state index contributed by atoms with van der Waals surface area (Å²) in [6, 6.07) is 14.0. The van der Waals surface area contributed by atoms with Gasteiger partial charge in [0.25, 0.3) is 5.91 Å². The maximum atomic E-state index is 13.0. The number of fused-ring (bicyclic) bond motifs is 2. The van der Waals surface area contributed by atoms with Crippen molar-refractivity contribution in [3.63, 3.8) is 0 Å². The second-order valence-corrected chi connectivity index (χ2v) is 7.35. The average Bonchev–Trinajstić information content (AvgIpc) is 3.06. The molecule has 148 valence electrons. The molecule has 3 N–H and O–H groups in total. The van der Waals surface area contributed by atoms with E-state index >= 15 is 0 Å². The number of benzene rings is 2. The maximum Gasteiger partial charge on any atom is 0.267 e. The van der Waals surface area contributed by atoms with Crippen LogP contribution in [0.2, 0.25) is 0 Å². The number of aryl methyl sites for hydroxylation is 1. The largest absolute Gasteiger partial charge is 0.358 e. The van der Waals surface area contributed by atoms with Crippen LogP contribution < -0.4 is 5.48 Å². The summed E-state index contributed by atoms with van der Waals surface area (Å²) in [7, 11) is 0. The number of rotatable bonds is 4. The van der Waals surface area contributed by atoms with Gasteiger partial charge in [-0.05, 0) is 47.7 Å². The van der Waals surface area contributed by atoms with Crippen LogP contribution in [0, 0.1) is 6.92 Å². The Morgan fingerprint density at radius 1 is 1.21 bits per heavy atom. The molecule has 0 saturated heterocycles. The Hall–Kier alpha value is -3.38. The van der Waals surface area contributed by atoms with E-state index < -0.39 is 5.91 Å². The first kappa shape index (κ1) is 19.0. The SMILES string of the molecule is Cc1[nH]c2ccccc2c1CC(=O)N1CCc2cc(C=CC(=O)NO)ccc2C1. The molecule has 2 amide bonds. The molecule has 6 nitrogen and oxygen atoms in total. The Balaban J connectivity index is 1.48. The van der Waals surface area contributed by atoms with Crippen LogP contribution in [0.15, 0.2) is 48.5 Å². The number of hydroxylamine groups is 1. The van der Waals surface area contributed by atoms with Gasteiger partial charge >= 0.3 is 0 Å². The first-order chi connectivity index (χ1) is 14.0. The van der Waals surface area contributed by atoms with E-state index in [1.165, 1.54) is 11.6 Å². The van der Waals surface area contributed by atoms with Gasteiger partial charge in [0.1, 0.15) is 0 Å². The minimum Gasteiger partial charge on any atom is -0.358 e. The van der Waals surface area contributed by atoms with E-state index in [1.807, 2.05) is 48.2 Å². The molecule has 0 atom stereocenters. The Kier molecular flexibility index (Phi) is 5.18. The lowest BCUT2D eigenvalue weighted by Crippen LogP contribution is -2.37. The molecule has 1 aliphatic rings. The third-order valence-electron chi connectivity index (χ3n) is 5.49. The third kappa shape index (κ3) is 3.93. The van der Waals surface area contributed by atoms with Crippen molar-refractivity contribution >= 4 is 28.8 Å². The second-order valence-electron chi connectivity index (χ2n) is 7.35. The topological polar surface area (TPSA) is 85.4 Å². The van der Waals surface area contributed by atoms with Crippen molar-refractivity contribution in [2.75, 3.05) is 6.54 Å². The van der Waals surface area contributed by atoms with Crippen molar-refractivity contribution in [2.24, 2.45) is 0 Å². The summed E-state index contributed by atoms with van der Waals surface area (Å²) in [6.07, 6.45) is 4.11. The summed E-state index contributed by atoms with van der Waals surface area (Å²) in [5.41, 5.74) is 7.95. The molecule has 2 heterocycles. The Labute approximate surface area is 168 Å². The van der Waals surface area contributed by atoms with Crippen molar-refractivity contribution in [1.29, 1.82) is 0 Å². The Morgan fingerprint density at radius 3 is 2.86 bits per heavy atom. The van der Waals surface area contributed by atoms with Crippen LogP contribution in [0.25, 0.3) is 17.0 Å². The van der Waals surface area contributed by atoms with Crippen LogP contribution in [-0.4, -0.2) is 33.5 Å². The third-order valence-corrected chi connectivity index (χ3v) is 5.49.